The van der Waals surface area contributed by atoms with Crippen LogP contribution >= 0.6 is 0 Å². The second-order valence-electron chi connectivity index (χ2n) is 7.71. The lowest BCUT2D eigenvalue weighted by molar-refractivity contribution is -0.384. The number of fused-ring (bicyclic) bond motifs is 1. The van der Waals surface area contributed by atoms with Gasteiger partial charge < -0.3 is 9.40 Å². The average Bonchev–Trinajstić information content (AvgIpc) is 3.28. The van der Waals surface area contributed by atoms with Crippen LogP contribution in [0.5, 0.6) is 0 Å². The summed E-state index contributed by atoms with van der Waals surface area (Å²) < 4.78 is 5.91. The van der Waals surface area contributed by atoms with Crippen LogP contribution in [0.15, 0.2) is 75.9 Å². The van der Waals surface area contributed by atoms with Gasteiger partial charge in [-0.25, -0.2) is 4.98 Å². The highest BCUT2D eigenvalue weighted by Crippen LogP contribution is 2.31. The van der Waals surface area contributed by atoms with Crippen molar-refractivity contribution in [2.75, 3.05) is 6.54 Å². The van der Waals surface area contributed by atoms with Gasteiger partial charge in [0.1, 0.15) is 17.3 Å². The minimum absolute atomic E-state index is 0.00660. The largest absolute Gasteiger partial charge is 0.459 e. The van der Waals surface area contributed by atoms with E-state index < -0.39 is 4.92 Å². The van der Waals surface area contributed by atoms with E-state index in [9.17, 15) is 14.9 Å². The third-order valence-electron chi connectivity index (χ3n) is 5.60. The summed E-state index contributed by atoms with van der Waals surface area (Å²) in [6.45, 7) is 1.70. The summed E-state index contributed by atoms with van der Waals surface area (Å²) in [7, 11) is 0. The van der Waals surface area contributed by atoms with E-state index in [1.54, 1.807) is 24.3 Å². The van der Waals surface area contributed by atoms with E-state index in [0.717, 1.165) is 17.8 Å². The van der Waals surface area contributed by atoms with Crippen molar-refractivity contribution < 1.29 is 9.34 Å². The third-order valence-corrected chi connectivity index (χ3v) is 5.60. The van der Waals surface area contributed by atoms with Crippen molar-refractivity contribution in [3.63, 3.8) is 0 Å². The molecule has 0 unspecified atom stereocenters. The Kier molecular flexibility index (Phi) is 5.12. The molecule has 2 aromatic heterocycles. The average molecular weight is 428 g/mol. The molecule has 0 spiro atoms. The Bertz CT molecular complexity index is 1340. The van der Waals surface area contributed by atoms with Gasteiger partial charge in [-0.2, -0.15) is 0 Å². The summed E-state index contributed by atoms with van der Waals surface area (Å²) in [5, 5.41) is 11.3. The van der Waals surface area contributed by atoms with Crippen LogP contribution in [-0.4, -0.2) is 26.3 Å². The van der Waals surface area contributed by atoms with E-state index in [4.69, 9.17) is 4.42 Å². The van der Waals surface area contributed by atoms with Crippen LogP contribution in [0.25, 0.3) is 22.7 Å². The van der Waals surface area contributed by atoms with Crippen molar-refractivity contribution in [3.8, 4) is 22.7 Å². The van der Waals surface area contributed by atoms with Crippen LogP contribution in [0.3, 0.4) is 0 Å². The number of aromatic nitrogens is 2. The lowest BCUT2D eigenvalue weighted by Gasteiger charge is -2.26. The number of para-hydroxylation sites is 1. The van der Waals surface area contributed by atoms with Crippen LogP contribution in [-0.2, 0) is 19.5 Å². The Morgan fingerprint density at radius 3 is 2.66 bits per heavy atom. The molecule has 32 heavy (non-hydrogen) atoms. The SMILES string of the molecule is O=c1[nH]c(-c2ccccc2)nc2c1CN(Cc1ccc(-c3ccccc3[N+](=O)[O-])o1)CC2. The molecule has 160 valence electrons. The molecule has 0 aliphatic carbocycles. The molecule has 3 heterocycles. The first-order valence-electron chi connectivity index (χ1n) is 10.3. The molecule has 8 heteroatoms. The van der Waals surface area contributed by atoms with Gasteiger partial charge in [-0.05, 0) is 18.2 Å². The minimum Gasteiger partial charge on any atom is -0.459 e. The summed E-state index contributed by atoms with van der Waals surface area (Å²) in [4.78, 5) is 33.3. The summed E-state index contributed by atoms with van der Waals surface area (Å²) in [5.41, 5.74) is 2.70. The van der Waals surface area contributed by atoms with Crippen molar-refractivity contribution in [3.05, 3.63) is 104 Å². The zero-order valence-electron chi connectivity index (χ0n) is 17.2. The van der Waals surface area contributed by atoms with E-state index >= 15 is 0 Å². The molecule has 1 aliphatic rings. The number of H-pyrrole nitrogens is 1. The summed E-state index contributed by atoms with van der Waals surface area (Å²) >= 11 is 0. The van der Waals surface area contributed by atoms with Gasteiger partial charge >= 0.3 is 0 Å². The fraction of sp³-hybridized carbons (Fsp3) is 0.167. The maximum atomic E-state index is 12.7. The summed E-state index contributed by atoms with van der Waals surface area (Å²) in [6, 6.07) is 19.7. The fourth-order valence-corrected chi connectivity index (χ4v) is 4.02. The maximum Gasteiger partial charge on any atom is 0.280 e. The zero-order valence-corrected chi connectivity index (χ0v) is 17.2. The Hall–Kier alpha value is -4.04. The van der Waals surface area contributed by atoms with Gasteiger partial charge in [-0.3, -0.25) is 19.8 Å². The third kappa shape index (κ3) is 3.83. The zero-order chi connectivity index (χ0) is 22.1. The van der Waals surface area contributed by atoms with Crippen molar-refractivity contribution in [2.24, 2.45) is 0 Å². The predicted octanol–water partition coefficient (Wildman–Crippen LogP) is 4.16. The van der Waals surface area contributed by atoms with Crippen molar-refractivity contribution in [1.29, 1.82) is 0 Å². The van der Waals surface area contributed by atoms with Crippen LogP contribution < -0.4 is 5.56 Å². The molecule has 4 aromatic rings. The first-order valence-corrected chi connectivity index (χ1v) is 10.3. The van der Waals surface area contributed by atoms with Crippen molar-refractivity contribution >= 4 is 5.69 Å². The molecule has 5 rings (SSSR count). The number of nitro groups is 1. The monoisotopic (exact) mass is 428 g/mol. The van der Waals surface area contributed by atoms with Gasteiger partial charge in [0.15, 0.2) is 0 Å². The first-order chi connectivity index (χ1) is 15.6. The summed E-state index contributed by atoms with van der Waals surface area (Å²) in [6.07, 6.45) is 0.664. The van der Waals surface area contributed by atoms with E-state index in [-0.39, 0.29) is 11.2 Å². The molecule has 0 amide bonds. The Morgan fingerprint density at radius 2 is 1.84 bits per heavy atom. The highest BCUT2D eigenvalue weighted by molar-refractivity contribution is 5.69. The number of nitro benzene ring substituents is 1. The second kappa shape index (κ2) is 8.24. The van der Waals surface area contributed by atoms with E-state index in [1.165, 1.54) is 6.07 Å². The molecule has 0 bridgehead atoms. The van der Waals surface area contributed by atoms with Crippen LogP contribution in [0.4, 0.5) is 5.69 Å². The van der Waals surface area contributed by atoms with Crippen LogP contribution in [0.2, 0.25) is 0 Å². The van der Waals surface area contributed by atoms with Gasteiger partial charge in [-0.15, -0.1) is 0 Å². The number of benzene rings is 2. The van der Waals surface area contributed by atoms with Gasteiger partial charge in [0.25, 0.3) is 11.2 Å². The Labute approximate surface area is 183 Å². The minimum atomic E-state index is -0.415. The number of nitrogens with zero attached hydrogens (tertiary/aromatic N) is 3. The Balaban J connectivity index is 1.35. The number of aromatic amines is 1. The highest BCUT2D eigenvalue weighted by atomic mass is 16.6. The van der Waals surface area contributed by atoms with Gasteiger partial charge in [-0.1, -0.05) is 42.5 Å². The standard InChI is InChI=1S/C24H20N4O4/c29-24-19-15-27(13-12-20(19)25-23(26-24)16-6-2-1-3-7-16)14-17-10-11-22(32-17)18-8-4-5-9-21(18)28(30)31/h1-11H,12-15H2,(H,25,26,29). The van der Waals surface area contributed by atoms with E-state index in [0.29, 0.717) is 48.0 Å². The lowest BCUT2D eigenvalue weighted by atomic mass is 10.1. The maximum absolute atomic E-state index is 12.7. The second-order valence-corrected chi connectivity index (χ2v) is 7.71. The lowest BCUT2D eigenvalue weighted by Crippen LogP contribution is -2.35. The normalized spacial score (nSPS) is 13.6. The molecule has 8 nitrogen and oxygen atoms in total. The van der Waals surface area contributed by atoms with Crippen LogP contribution in [0, 0.1) is 10.1 Å². The Morgan fingerprint density at radius 1 is 1.06 bits per heavy atom. The number of hydrogen-bond acceptors (Lipinski definition) is 6. The van der Waals surface area contributed by atoms with Crippen LogP contribution in [0.1, 0.15) is 17.0 Å². The van der Waals surface area contributed by atoms with E-state index in [1.807, 2.05) is 36.4 Å². The number of rotatable bonds is 5. The smallest absolute Gasteiger partial charge is 0.280 e. The predicted molar refractivity (Wildman–Crippen MR) is 119 cm³/mol. The summed E-state index contributed by atoms with van der Waals surface area (Å²) in [5.74, 6) is 1.73. The molecular weight excluding hydrogens is 408 g/mol. The van der Waals surface area contributed by atoms with Gasteiger partial charge in [0.2, 0.25) is 0 Å². The van der Waals surface area contributed by atoms with E-state index in [2.05, 4.69) is 14.9 Å². The highest BCUT2D eigenvalue weighted by Gasteiger charge is 2.23. The first kappa shape index (κ1) is 19.9. The molecule has 0 atom stereocenters. The number of furan rings is 1. The molecule has 0 radical (unpaired) electrons. The molecular formula is C24H20N4O4. The van der Waals surface area contributed by atoms with Crippen molar-refractivity contribution in [1.82, 2.24) is 14.9 Å². The topological polar surface area (TPSA) is 105 Å². The molecule has 0 saturated carbocycles. The molecule has 1 N–H and O–H groups in total. The molecule has 2 aromatic carbocycles. The molecule has 0 saturated heterocycles. The fourth-order valence-electron chi connectivity index (χ4n) is 4.02. The van der Waals surface area contributed by atoms with Gasteiger partial charge in [0.05, 0.1) is 28.3 Å². The number of hydrogen-bond donors (Lipinski definition) is 1. The molecule has 0 fully saturated rings. The van der Waals surface area contributed by atoms with Gasteiger partial charge in [0, 0.05) is 31.1 Å². The number of nitrogens with one attached hydrogen (secondary N) is 1. The van der Waals surface area contributed by atoms with Crippen molar-refractivity contribution in [2.45, 2.75) is 19.5 Å². The quantitative estimate of drug-likeness (QED) is 0.378. The molecule has 1 aliphatic heterocycles.